The molecule has 0 fully saturated rings. The van der Waals surface area contributed by atoms with Gasteiger partial charge in [0.25, 0.3) is 15.9 Å². The minimum Gasteiger partial charge on any atom is -0.481 e. The van der Waals surface area contributed by atoms with Gasteiger partial charge in [-0.3, -0.25) is 14.3 Å². The minimum atomic E-state index is -4.10. The Labute approximate surface area is 222 Å². The van der Waals surface area contributed by atoms with Gasteiger partial charge in [0, 0.05) is 27.2 Å². The van der Waals surface area contributed by atoms with Crippen LogP contribution >= 0.6 is 22.9 Å². The monoisotopic (exact) mass is 558 g/mol. The second kappa shape index (κ2) is 10.8. The van der Waals surface area contributed by atoms with Crippen LogP contribution in [0.3, 0.4) is 0 Å². The Hall–Kier alpha value is -3.60. The summed E-state index contributed by atoms with van der Waals surface area (Å²) >= 11 is 7.41. The average Bonchev–Trinajstić information content (AvgIpc) is 3.18. The Bertz CT molecular complexity index is 1610. The Balaban J connectivity index is 1.75. The number of anilines is 1. The lowest BCUT2D eigenvalue weighted by Gasteiger charge is -2.15. The van der Waals surface area contributed by atoms with Gasteiger partial charge in [-0.25, -0.2) is 8.42 Å². The number of ether oxygens (including phenoxy) is 1. The predicted molar refractivity (Wildman–Crippen MR) is 145 cm³/mol. The van der Waals surface area contributed by atoms with Gasteiger partial charge < -0.3 is 15.2 Å². The Morgan fingerprint density at radius 3 is 2.54 bits per heavy atom. The fourth-order valence-electron chi connectivity index (χ4n) is 3.80. The van der Waals surface area contributed by atoms with E-state index in [0.717, 1.165) is 16.0 Å². The molecular formula is C26H23ClN2O6S2. The van der Waals surface area contributed by atoms with Crippen LogP contribution in [0.4, 0.5) is 5.69 Å². The third-order valence-corrected chi connectivity index (χ3v) is 8.97. The maximum absolute atomic E-state index is 13.5. The van der Waals surface area contributed by atoms with E-state index in [0.29, 0.717) is 33.8 Å². The summed E-state index contributed by atoms with van der Waals surface area (Å²) < 4.78 is 36.4. The van der Waals surface area contributed by atoms with Crippen molar-refractivity contribution < 1.29 is 27.9 Å². The zero-order valence-corrected chi connectivity index (χ0v) is 22.3. The van der Waals surface area contributed by atoms with Crippen molar-refractivity contribution in [2.75, 3.05) is 11.3 Å². The Morgan fingerprint density at radius 1 is 1.08 bits per heavy atom. The van der Waals surface area contributed by atoms with Crippen LogP contribution in [0.15, 0.2) is 64.9 Å². The van der Waals surface area contributed by atoms with E-state index in [1.54, 1.807) is 56.3 Å². The van der Waals surface area contributed by atoms with Crippen LogP contribution in [-0.2, 0) is 21.2 Å². The van der Waals surface area contributed by atoms with Gasteiger partial charge in [0.05, 0.1) is 12.1 Å². The molecule has 11 heteroatoms. The van der Waals surface area contributed by atoms with Crippen molar-refractivity contribution in [3.05, 3.63) is 82.4 Å². The van der Waals surface area contributed by atoms with E-state index in [4.69, 9.17) is 21.4 Å². The van der Waals surface area contributed by atoms with Crippen LogP contribution in [0.2, 0.25) is 5.02 Å². The van der Waals surface area contributed by atoms with Crippen molar-refractivity contribution in [2.24, 2.45) is 0 Å². The molecule has 0 aliphatic heterocycles. The lowest BCUT2D eigenvalue weighted by Crippen LogP contribution is -2.23. The average molecular weight is 559 g/mol. The molecule has 0 bridgehead atoms. The van der Waals surface area contributed by atoms with Gasteiger partial charge in [-0.15, -0.1) is 11.3 Å². The van der Waals surface area contributed by atoms with Crippen LogP contribution in [0.5, 0.6) is 11.5 Å². The van der Waals surface area contributed by atoms with Gasteiger partial charge in [0.15, 0.2) is 5.75 Å². The van der Waals surface area contributed by atoms with Crippen LogP contribution < -0.4 is 14.8 Å². The van der Waals surface area contributed by atoms with E-state index in [-0.39, 0.29) is 33.5 Å². The molecule has 8 nitrogen and oxygen atoms in total. The Kier molecular flexibility index (Phi) is 7.72. The standard InChI is InChI=1S/C26H23ClN2O6S2/c1-3-28-25(32)17-10-11-21(35-18-7-4-6-16(12-18)13-23(30)31)20(14-17)29-37(33,34)26-15(2)24-19(27)8-5-9-22(24)36-26/h4-12,14,29H,3,13H2,1-2H3,(H,28,32)(H,30,31). The van der Waals surface area contributed by atoms with E-state index in [1.807, 2.05) is 0 Å². The third kappa shape index (κ3) is 5.87. The zero-order valence-electron chi connectivity index (χ0n) is 19.9. The Morgan fingerprint density at radius 2 is 1.84 bits per heavy atom. The molecule has 0 radical (unpaired) electrons. The molecule has 4 aromatic rings. The van der Waals surface area contributed by atoms with E-state index in [2.05, 4.69) is 10.0 Å². The van der Waals surface area contributed by atoms with Gasteiger partial charge in [-0.2, -0.15) is 0 Å². The summed E-state index contributed by atoms with van der Waals surface area (Å²) in [6.45, 7) is 3.87. The van der Waals surface area contributed by atoms with Crippen molar-refractivity contribution in [1.82, 2.24) is 5.32 Å². The predicted octanol–water partition coefficient (Wildman–Crippen LogP) is 5.83. The van der Waals surface area contributed by atoms with Gasteiger partial charge in [0.2, 0.25) is 0 Å². The maximum Gasteiger partial charge on any atom is 0.307 e. The highest BCUT2D eigenvalue weighted by molar-refractivity contribution is 7.95. The molecule has 0 atom stereocenters. The summed E-state index contributed by atoms with van der Waals surface area (Å²) in [5.41, 5.74) is 1.32. The lowest BCUT2D eigenvalue weighted by atomic mass is 10.1. The first-order valence-electron chi connectivity index (χ1n) is 11.2. The van der Waals surface area contributed by atoms with Gasteiger partial charge in [0.1, 0.15) is 9.96 Å². The topological polar surface area (TPSA) is 122 Å². The number of hydrogen-bond donors (Lipinski definition) is 3. The largest absolute Gasteiger partial charge is 0.481 e. The number of thiophene rings is 1. The number of rotatable bonds is 9. The van der Waals surface area contributed by atoms with Gasteiger partial charge in [-0.05, 0) is 67.4 Å². The highest BCUT2D eigenvalue weighted by atomic mass is 35.5. The van der Waals surface area contributed by atoms with Crippen molar-refractivity contribution in [2.45, 2.75) is 24.5 Å². The molecule has 1 heterocycles. The number of carboxylic acids is 1. The zero-order chi connectivity index (χ0) is 26.7. The number of sulfonamides is 1. The number of halogens is 1. The molecule has 1 amide bonds. The molecule has 0 unspecified atom stereocenters. The van der Waals surface area contributed by atoms with Crippen LogP contribution in [-0.4, -0.2) is 31.9 Å². The molecule has 37 heavy (non-hydrogen) atoms. The second-order valence-electron chi connectivity index (χ2n) is 8.12. The number of aliphatic carboxylic acids is 1. The van der Waals surface area contributed by atoms with Crippen LogP contribution in [0.25, 0.3) is 10.1 Å². The molecule has 0 aliphatic rings. The first-order valence-corrected chi connectivity index (χ1v) is 13.9. The van der Waals surface area contributed by atoms with Crippen molar-refractivity contribution in [1.29, 1.82) is 0 Å². The maximum atomic E-state index is 13.5. The number of hydrogen-bond acceptors (Lipinski definition) is 6. The summed E-state index contributed by atoms with van der Waals surface area (Å²) in [4.78, 5) is 23.6. The van der Waals surface area contributed by atoms with Crippen molar-refractivity contribution in [3.63, 3.8) is 0 Å². The summed E-state index contributed by atoms with van der Waals surface area (Å²) in [7, 11) is -4.10. The fourth-order valence-corrected chi connectivity index (χ4v) is 7.02. The summed E-state index contributed by atoms with van der Waals surface area (Å²) in [6.07, 6.45) is -0.194. The number of amides is 1. The smallest absolute Gasteiger partial charge is 0.307 e. The molecule has 0 saturated heterocycles. The van der Waals surface area contributed by atoms with Crippen LogP contribution in [0.1, 0.15) is 28.4 Å². The number of fused-ring (bicyclic) bond motifs is 1. The molecule has 192 valence electrons. The summed E-state index contributed by atoms with van der Waals surface area (Å²) in [5, 5.41) is 12.9. The fraction of sp³-hybridized carbons (Fsp3) is 0.154. The number of nitrogens with one attached hydrogen (secondary N) is 2. The molecule has 0 aliphatic carbocycles. The molecule has 4 rings (SSSR count). The van der Waals surface area contributed by atoms with Gasteiger partial charge in [-0.1, -0.05) is 29.8 Å². The molecule has 3 aromatic carbocycles. The molecule has 0 saturated carbocycles. The normalized spacial score (nSPS) is 11.3. The van der Waals surface area contributed by atoms with E-state index >= 15 is 0 Å². The van der Waals surface area contributed by atoms with Crippen molar-refractivity contribution in [3.8, 4) is 11.5 Å². The molecule has 0 spiro atoms. The first kappa shape index (κ1) is 26.5. The van der Waals surface area contributed by atoms with E-state index in [9.17, 15) is 18.0 Å². The number of carboxylic acid groups (broad SMARTS) is 1. The molecular weight excluding hydrogens is 536 g/mol. The summed E-state index contributed by atoms with van der Waals surface area (Å²) in [6, 6.07) is 16.1. The van der Waals surface area contributed by atoms with E-state index < -0.39 is 16.0 Å². The first-order chi connectivity index (χ1) is 17.6. The highest BCUT2D eigenvalue weighted by Gasteiger charge is 2.25. The van der Waals surface area contributed by atoms with Gasteiger partial charge >= 0.3 is 5.97 Å². The quantitative estimate of drug-likeness (QED) is 0.237. The van der Waals surface area contributed by atoms with Crippen molar-refractivity contribution >= 4 is 60.6 Å². The SMILES string of the molecule is CCNC(=O)c1ccc(Oc2cccc(CC(=O)O)c2)c(NS(=O)(=O)c2sc3cccc(Cl)c3c2C)c1. The second-order valence-corrected chi connectivity index (χ2v) is 11.5. The van der Waals surface area contributed by atoms with Crippen LogP contribution in [0, 0.1) is 6.92 Å². The minimum absolute atomic E-state index is 0.0512. The number of benzene rings is 3. The molecule has 3 N–H and O–H groups in total. The van der Waals surface area contributed by atoms with E-state index in [1.165, 1.54) is 18.2 Å². The number of carbonyl (C=O) groups is 2. The highest BCUT2D eigenvalue weighted by Crippen LogP contribution is 2.40. The summed E-state index contributed by atoms with van der Waals surface area (Å²) in [5.74, 6) is -0.908. The third-order valence-electron chi connectivity index (χ3n) is 5.41. The molecule has 1 aromatic heterocycles. The number of carbonyl (C=O) groups excluding carboxylic acids is 1. The number of aryl methyl sites for hydroxylation is 1. The lowest BCUT2D eigenvalue weighted by molar-refractivity contribution is -0.136.